The number of hydrogen-bond donors (Lipinski definition) is 3. The van der Waals surface area contributed by atoms with Crippen molar-refractivity contribution in [1.82, 2.24) is 20.4 Å². The van der Waals surface area contributed by atoms with Gasteiger partial charge in [0.2, 0.25) is 0 Å². The topological polar surface area (TPSA) is 84.9 Å². The van der Waals surface area contributed by atoms with Crippen LogP contribution in [0.5, 0.6) is 0 Å². The second-order valence-electron chi connectivity index (χ2n) is 12.4. The van der Waals surface area contributed by atoms with Crippen LogP contribution in [0.3, 0.4) is 0 Å². The van der Waals surface area contributed by atoms with Crippen LogP contribution >= 0.6 is 0 Å². The number of aliphatic hydroxyl groups excluding tert-OH is 1. The molecule has 0 bridgehead atoms. The van der Waals surface area contributed by atoms with Gasteiger partial charge in [-0.15, -0.1) is 0 Å². The van der Waals surface area contributed by atoms with Crippen LogP contribution in [0.2, 0.25) is 0 Å². The fourth-order valence-electron chi connectivity index (χ4n) is 5.42. The summed E-state index contributed by atoms with van der Waals surface area (Å²) in [6.45, 7) is 8.64. The molecule has 258 valence electrons. The van der Waals surface area contributed by atoms with E-state index >= 15 is 0 Å². The Kier molecular flexibility index (Phi) is 15.7. The SMILES string of the molecule is CCCN(CCC)C(=O)c1cc(C#CCCN(C)C)cc(C(=O)N[C@@H](Cc2cc(F)cc(F)c2)[C@H](O)CNCc2cccc(CC)c2)c1. The number of benzene rings is 3. The maximum atomic E-state index is 14.1. The zero-order valence-electron chi connectivity index (χ0n) is 28.9. The molecule has 0 radical (unpaired) electrons. The monoisotopic (exact) mass is 660 g/mol. The molecule has 0 aromatic heterocycles. The first-order chi connectivity index (χ1) is 23.0. The summed E-state index contributed by atoms with van der Waals surface area (Å²) in [5.41, 5.74) is 3.62. The number of carbonyl (C=O) groups excluding carboxylic acids is 2. The number of carbonyl (C=O) groups is 2. The molecule has 0 heterocycles. The zero-order chi connectivity index (χ0) is 35.1. The molecule has 3 rings (SSSR count). The van der Waals surface area contributed by atoms with Gasteiger partial charge in [-0.3, -0.25) is 9.59 Å². The first-order valence-electron chi connectivity index (χ1n) is 16.8. The van der Waals surface area contributed by atoms with E-state index in [0.717, 1.165) is 37.4 Å². The van der Waals surface area contributed by atoms with Gasteiger partial charge in [0.05, 0.1) is 12.1 Å². The highest BCUT2D eigenvalue weighted by Crippen LogP contribution is 2.17. The van der Waals surface area contributed by atoms with Gasteiger partial charge in [-0.25, -0.2) is 8.78 Å². The Morgan fingerprint density at radius 2 is 1.52 bits per heavy atom. The highest BCUT2D eigenvalue weighted by atomic mass is 19.1. The Morgan fingerprint density at radius 1 is 0.854 bits per heavy atom. The van der Waals surface area contributed by atoms with Crippen molar-refractivity contribution in [2.24, 2.45) is 0 Å². The third-order valence-corrected chi connectivity index (χ3v) is 7.87. The van der Waals surface area contributed by atoms with Crippen LogP contribution in [0.25, 0.3) is 0 Å². The van der Waals surface area contributed by atoms with Crippen molar-refractivity contribution in [3.8, 4) is 11.8 Å². The molecule has 0 unspecified atom stereocenters. The number of amides is 2. The van der Waals surface area contributed by atoms with Crippen LogP contribution in [-0.2, 0) is 19.4 Å². The van der Waals surface area contributed by atoms with E-state index in [0.29, 0.717) is 42.7 Å². The van der Waals surface area contributed by atoms with E-state index in [-0.39, 0.29) is 24.4 Å². The van der Waals surface area contributed by atoms with E-state index in [4.69, 9.17) is 0 Å². The zero-order valence-corrected chi connectivity index (χ0v) is 28.9. The molecule has 0 aliphatic rings. The molecule has 0 aliphatic heterocycles. The van der Waals surface area contributed by atoms with E-state index in [1.807, 2.05) is 45.0 Å². The predicted molar refractivity (Wildman–Crippen MR) is 188 cm³/mol. The third-order valence-electron chi connectivity index (χ3n) is 7.87. The average molecular weight is 661 g/mol. The molecule has 3 aromatic carbocycles. The van der Waals surface area contributed by atoms with Gasteiger partial charge in [0.1, 0.15) is 11.6 Å². The van der Waals surface area contributed by atoms with Crippen LogP contribution < -0.4 is 10.6 Å². The summed E-state index contributed by atoms with van der Waals surface area (Å²) in [6.07, 6.45) is 1.97. The van der Waals surface area contributed by atoms with Gasteiger partial charge in [-0.2, -0.15) is 0 Å². The number of aliphatic hydroxyl groups is 1. The summed E-state index contributed by atoms with van der Waals surface area (Å²) in [5, 5.41) is 17.4. The van der Waals surface area contributed by atoms with E-state index < -0.39 is 29.7 Å². The van der Waals surface area contributed by atoms with Gasteiger partial charge in [-0.1, -0.05) is 56.9 Å². The standard InChI is InChI=1S/C39H50F2N4O3/c1-6-15-45(16-7-2)39(48)33-20-29(12-9-10-17-44(4)5)19-32(24-33)38(47)43-36(23-31-21-34(40)25-35(41)22-31)37(46)27-42-26-30-14-11-13-28(8-3)18-30/h11,13-14,18-22,24-25,36-37,42,46H,6-8,10,15-17,23,26-27H2,1-5H3,(H,43,47)/t36-,37+/m0/s1. The highest BCUT2D eigenvalue weighted by molar-refractivity contribution is 6.00. The molecular weight excluding hydrogens is 610 g/mol. The molecule has 7 nitrogen and oxygen atoms in total. The van der Waals surface area contributed by atoms with Crippen LogP contribution in [0.4, 0.5) is 8.78 Å². The second-order valence-corrected chi connectivity index (χ2v) is 12.4. The van der Waals surface area contributed by atoms with E-state index in [9.17, 15) is 23.5 Å². The number of nitrogens with one attached hydrogen (secondary N) is 2. The number of nitrogens with zero attached hydrogens (tertiary/aromatic N) is 2. The van der Waals surface area contributed by atoms with E-state index in [2.05, 4.69) is 41.5 Å². The lowest BCUT2D eigenvalue weighted by atomic mass is 9.99. The fraction of sp³-hybridized carbons (Fsp3) is 0.436. The number of rotatable bonds is 17. The molecular formula is C39H50F2N4O3. The quantitative estimate of drug-likeness (QED) is 0.165. The van der Waals surface area contributed by atoms with Gasteiger partial charge in [-0.05, 0) is 86.8 Å². The first-order valence-corrected chi connectivity index (χ1v) is 16.8. The molecule has 0 saturated heterocycles. The lowest BCUT2D eigenvalue weighted by molar-refractivity contribution is 0.0755. The highest BCUT2D eigenvalue weighted by Gasteiger charge is 2.24. The Labute approximate surface area is 284 Å². The first kappa shape index (κ1) is 38.3. The lowest BCUT2D eigenvalue weighted by Gasteiger charge is -2.25. The molecule has 3 aromatic rings. The van der Waals surface area contributed by atoms with E-state index in [1.165, 1.54) is 17.7 Å². The Morgan fingerprint density at radius 3 is 2.17 bits per heavy atom. The van der Waals surface area contributed by atoms with Crippen LogP contribution in [0.15, 0.2) is 60.7 Å². The van der Waals surface area contributed by atoms with E-state index in [1.54, 1.807) is 23.1 Å². The summed E-state index contributed by atoms with van der Waals surface area (Å²) in [6, 6.07) is 15.3. The summed E-state index contributed by atoms with van der Waals surface area (Å²) in [7, 11) is 3.92. The fourth-order valence-corrected chi connectivity index (χ4v) is 5.42. The molecule has 0 spiro atoms. The summed E-state index contributed by atoms with van der Waals surface area (Å²) < 4.78 is 28.2. The average Bonchev–Trinajstić information content (AvgIpc) is 3.05. The third kappa shape index (κ3) is 12.5. The van der Waals surface area contributed by atoms with Crippen molar-refractivity contribution in [2.75, 3.05) is 40.3 Å². The summed E-state index contributed by atoms with van der Waals surface area (Å²) in [4.78, 5) is 31.2. The summed E-state index contributed by atoms with van der Waals surface area (Å²) >= 11 is 0. The van der Waals surface area contributed by atoms with Gasteiger partial charge < -0.3 is 25.5 Å². The lowest BCUT2D eigenvalue weighted by Crippen LogP contribution is -2.48. The molecule has 2 atom stereocenters. The van der Waals surface area contributed by atoms with Crippen molar-refractivity contribution in [3.05, 3.63) is 106 Å². The molecule has 0 fully saturated rings. The minimum absolute atomic E-state index is 0.0226. The second kappa shape index (κ2) is 19.7. The van der Waals surface area contributed by atoms with Crippen LogP contribution in [0, 0.1) is 23.5 Å². The predicted octanol–water partition coefficient (Wildman–Crippen LogP) is 5.58. The van der Waals surface area contributed by atoms with Crippen molar-refractivity contribution in [3.63, 3.8) is 0 Å². The molecule has 2 amide bonds. The van der Waals surface area contributed by atoms with Crippen LogP contribution in [-0.4, -0.2) is 79.1 Å². The molecule has 0 saturated carbocycles. The van der Waals surface area contributed by atoms with Crippen molar-refractivity contribution in [1.29, 1.82) is 0 Å². The smallest absolute Gasteiger partial charge is 0.253 e. The maximum Gasteiger partial charge on any atom is 0.253 e. The minimum Gasteiger partial charge on any atom is -0.390 e. The van der Waals surface area contributed by atoms with Gasteiger partial charge in [0, 0.05) is 61.9 Å². The molecule has 48 heavy (non-hydrogen) atoms. The summed E-state index contributed by atoms with van der Waals surface area (Å²) in [5.74, 6) is 4.02. The number of aryl methyl sites for hydroxylation is 1. The minimum atomic E-state index is -1.10. The largest absolute Gasteiger partial charge is 0.390 e. The van der Waals surface area contributed by atoms with Gasteiger partial charge >= 0.3 is 0 Å². The molecule has 0 aliphatic carbocycles. The Bertz CT molecular complexity index is 1540. The van der Waals surface area contributed by atoms with Crippen LogP contribution in [0.1, 0.15) is 83.0 Å². The van der Waals surface area contributed by atoms with Crippen molar-refractivity contribution in [2.45, 2.75) is 71.6 Å². The maximum absolute atomic E-state index is 14.1. The molecule has 3 N–H and O–H groups in total. The van der Waals surface area contributed by atoms with Gasteiger partial charge in [0.25, 0.3) is 11.8 Å². The number of halogens is 2. The van der Waals surface area contributed by atoms with Gasteiger partial charge in [0.15, 0.2) is 0 Å². The normalized spacial score (nSPS) is 12.3. The van der Waals surface area contributed by atoms with Crippen molar-refractivity contribution < 1.29 is 23.5 Å². The van der Waals surface area contributed by atoms with Crippen molar-refractivity contribution >= 4 is 11.8 Å². The Hall–Kier alpha value is -4.10. The molecule has 9 heteroatoms. The Balaban J connectivity index is 1.91. The number of hydrogen-bond acceptors (Lipinski definition) is 5.